The Labute approximate surface area is 135 Å². The van der Waals surface area contributed by atoms with Crippen LogP contribution in [0.4, 0.5) is 4.79 Å². The van der Waals surface area contributed by atoms with Crippen molar-refractivity contribution < 1.29 is 19.8 Å². The molecule has 126 valence electrons. The third-order valence-electron chi connectivity index (χ3n) is 7.21. The van der Waals surface area contributed by atoms with Gasteiger partial charge in [0.2, 0.25) is 5.91 Å². The van der Waals surface area contributed by atoms with Gasteiger partial charge in [0, 0.05) is 12.6 Å². The fourth-order valence-electron chi connectivity index (χ4n) is 6.46. The van der Waals surface area contributed by atoms with Crippen LogP contribution in [0.1, 0.15) is 38.5 Å². The van der Waals surface area contributed by atoms with Crippen LogP contribution in [0.2, 0.25) is 0 Å². The fraction of sp³-hybridized carbons (Fsp3) is 0.882. The second kappa shape index (κ2) is 4.41. The maximum Gasteiger partial charge on any atom is 0.407 e. The Kier molecular flexibility index (Phi) is 2.70. The second-order valence-electron chi connectivity index (χ2n) is 8.77. The summed E-state index contributed by atoms with van der Waals surface area (Å²) in [5.74, 6) is 1.87. The number of nitrogens with zero attached hydrogens (tertiary/aromatic N) is 1. The highest BCUT2D eigenvalue weighted by molar-refractivity contribution is 5.87. The van der Waals surface area contributed by atoms with Crippen molar-refractivity contribution in [2.45, 2.75) is 56.2 Å². The van der Waals surface area contributed by atoms with E-state index < -0.39 is 17.7 Å². The largest absolute Gasteiger partial charge is 0.465 e. The van der Waals surface area contributed by atoms with Crippen LogP contribution in [0, 0.1) is 29.6 Å². The van der Waals surface area contributed by atoms with Crippen molar-refractivity contribution >= 4 is 12.0 Å². The predicted molar refractivity (Wildman–Crippen MR) is 80.6 cm³/mol. The van der Waals surface area contributed by atoms with Gasteiger partial charge in [0.25, 0.3) is 0 Å². The summed E-state index contributed by atoms with van der Waals surface area (Å²) in [7, 11) is 0. The van der Waals surface area contributed by atoms with E-state index >= 15 is 0 Å². The van der Waals surface area contributed by atoms with E-state index in [0.29, 0.717) is 30.2 Å². The molecule has 2 unspecified atom stereocenters. The molecule has 5 atom stereocenters. The minimum absolute atomic E-state index is 0.0955. The smallest absolute Gasteiger partial charge is 0.407 e. The first-order valence-electron chi connectivity index (χ1n) is 8.96. The maximum atomic E-state index is 12.8. The number of hydrogen-bond acceptors (Lipinski definition) is 3. The van der Waals surface area contributed by atoms with Gasteiger partial charge in [0.15, 0.2) is 0 Å². The molecule has 0 spiro atoms. The van der Waals surface area contributed by atoms with Crippen molar-refractivity contribution in [1.29, 1.82) is 0 Å². The number of nitrogens with one attached hydrogen (secondary N) is 1. The highest BCUT2D eigenvalue weighted by atomic mass is 16.4. The minimum Gasteiger partial charge on any atom is -0.465 e. The molecule has 6 aliphatic rings. The number of likely N-dealkylation sites (tertiary alicyclic amines) is 1. The third-order valence-corrected chi connectivity index (χ3v) is 7.21. The molecule has 3 N–H and O–H groups in total. The van der Waals surface area contributed by atoms with Gasteiger partial charge >= 0.3 is 6.09 Å². The summed E-state index contributed by atoms with van der Waals surface area (Å²) in [6.45, 7) is 0.511. The van der Waals surface area contributed by atoms with Crippen molar-refractivity contribution in [1.82, 2.24) is 10.2 Å². The van der Waals surface area contributed by atoms with Gasteiger partial charge in [-0.1, -0.05) is 0 Å². The zero-order chi connectivity index (χ0) is 15.9. The summed E-state index contributed by atoms with van der Waals surface area (Å²) in [6, 6.07) is -0.356. The number of aliphatic hydroxyl groups is 1. The van der Waals surface area contributed by atoms with Crippen LogP contribution in [0.3, 0.4) is 0 Å². The molecule has 0 aromatic rings. The Hall–Kier alpha value is -1.30. The molecule has 2 amide bonds. The van der Waals surface area contributed by atoms with Crippen molar-refractivity contribution in [3.8, 4) is 0 Å². The van der Waals surface area contributed by atoms with Gasteiger partial charge in [0.05, 0.1) is 5.60 Å². The average molecular weight is 320 g/mol. The topological polar surface area (TPSA) is 89.9 Å². The molecule has 5 aliphatic carbocycles. The number of carboxylic acid groups (broad SMARTS) is 1. The molecule has 1 saturated heterocycles. The first-order chi connectivity index (χ1) is 10.9. The van der Waals surface area contributed by atoms with Crippen molar-refractivity contribution in [2.75, 3.05) is 6.54 Å². The molecule has 6 fully saturated rings. The average Bonchev–Trinajstić information content (AvgIpc) is 3.11. The molecule has 1 heterocycles. The molecule has 23 heavy (non-hydrogen) atoms. The van der Waals surface area contributed by atoms with Crippen LogP contribution in [0.5, 0.6) is 0 Å². The number of fused-ring (bicyclic) bond motifs is 1. The van der Waals surface area contributed by atoms with Gasteiger partial charge in [-0.25, -0.2) is 4.79 Å². The van der Waals surface area contributed by atoms with E-state index in [9.17, 15) is 19.8 Å². The molecule has 4 bridgehead atoms. The van der Waals surface area contributed by atoms with Crippen LogP contribution in [0.15, 0.2) is 0 Å². The van der Waals surface area contributed by atoms with E-state index in [1.54, 1.807) is 0 Å². The van der Waals surface area contributed by atoms with Crippen LogP contribution < -0.4 is 5.32 Å². The molecule has 6 nitrogen and oxygen atoms in total. The van der Waals surface area contributed by atoms with Crippen LogP contribution in [-0.2, 0) is 4.79 Å². The van der Waals surface area contributed by atoms with E-state index in [-0.39, 0.29) is 17.9 Å². The molecule has 0 aromatic heterocycles. The molecule has 6 rings (SSSR count). The van der Waals surface area contributed by atoms with Crippen molar-refractivity contribution in [3.05, 3.63) is 0 Å². The number of piperidine rings is 1. The Bertz CT molecular complexity index is 563. The van der Waals surface area contributed by atoms with Crippen LogP contribution in [-0.4, -0.2) is 51.3 Å². The highest BCUT2D eigenvalue weighted by Crippen LogP contribution is 2.56. The SMILES string of the molecule is O=C(N[C@H]1C2CC3CC1C[C@@](O)(C3)C2)[C@H]1[C@H]2C[C@H]2CN1C(=O)O. The number of rotatable bonds is 2. The van der Waals surface area contributed by atoms with Gasteiger partial charge in [-0.15, -0.1) is 0 Å². The number of carbonyl (C=O) groups excluding carboxylic acids is 1. The van der Waals surface area contributed by atoms with Gasteiger partial charge < -0.3 is 15.5 Å². The fourth-order valence-corrected chi connectivity index (χ4v) is 6.46. The standard InChI is InChI=1S/C17H24N2O4/c20-15(14-12-3-11(12)7-19(14)16(21)22)18-13-9-1-8-2-10(13)6-17(23,4-8)5-9/h8-14,23H,1-7H2,(H,18,20)(H,21,22)/t8?,9?,10?,11-,12-,13-,14+,17+/m0/s1. The van der Waals surface area contributed by atoms with Gasteiger partial charge in [0.1, 0.15) is 6.04 Å². The lowest BCUT2D eigenvalue weighted by Crippen LogP contribution is -2.63. The van der Waals surface area contributed by atoms with E-state index in [0.717, 1.165) is 38.5 Å². The zero-order valence-electron chi connectivity index (χ0n) is 13.1. The third kappa shape index (κ3) is 2.03. The van der Waals surface area contributed by atoms with Crippen molar-refractivity contribution in [2.24, 2.45) is 29.6 Å². The zero-order valence-corrected chi connectivity index (χ0v) is 13.1. The Morgan fingerprint density at radius 1 is 1.04 bits per heavy atom. The minimum atomic E-state index is -0.975. The first kappa shape index (κ1) is 14.1. The Morgan fingerprint density at radius 2 is 1.74 bits per heavy atom. The molecule has 1 aliphatic heterocycles. The quantitative estimate of drug-likeness (QED) is 0.709. The molecular weight excluding hydrogens is 296 g/mol. The van der Waals surface area contributed by atoms with E-state index in [2.05, 4.69) is 5.32 Å². The van der Waals surface area contributed by atoms with Crippen LogP contribution >= 0.6 is 0 Å². The lowest BCUT2D eigenvalue weighted by Gasteiger charge is -2.58. The highest BCUT2D eigenvalue weighted by Gasteiger charge is 2.59. The number of hydrogen-bond donors (Lipinski definition) is 3. The van der Waals surface area contributed by atoms with Crippen LogP contribution in [0.25, 0.3) is 0 Å². The normalized spacial score (nSPS) is 52.4. The summed E-state index contributed by atoms with van der Waals surface area (Å²) < 4.78 is 0. The van der Waals surface area contributed by atoms with Gasteiger partial charge in [-0.2, -0.15) is 0 Å². The molecule has 6 heteroatoms. The lowest BCUT2D eigenvalue weighted by molar-refractivity contribution is -0.148. The molecule has 0 aromatic carbocycles. The maximum absolute atomic E-state index is 12.8. The molecule has 5 saturated carbocycles. The Balaban J connectivity index is 1.32. The van der Waals surface area contributed by atoms with E-state index in [4.69, 9.17) is 0 Å². The number of amides is 2. The van der Waals surface area contributed by atoms with Crippen molar-refractivity contribution in [3.63, 3.8) is 0 Å². The molecule has 0 radical (unpaired) electrons. The number of carbonyl (C=O) groups is 2. The summed E-state index contributed by atoms with van der Waals surface area (Å²) in [6.07, 6.45) is 4.74. The van der Waals surface area contributed by atoms with E-state index in [1.807, 2.05) is 0 Å². The second-order valence-corrected chi connectivity index (χ2v) is 8.77. The van der Waals surface area contributed by atoms with Gasteiger partial charge in [-0.3, -0.25) is 9.69 Å². The summed E-state index contributed by atoms with van der Waals surface area (Å²) in [4.78, 5) is 25.5. The Morgan fingerprint density at radius 3 is 2.35 bits per heavy atom. The molecular formula is C17H24N2O4. The van der Waals surface area contributed by atoms with Gasteiger partial charge in [-0.05, 0) is 68.1 Å². The summed E-state index contributed by atoms with van der Waals surface area (Å²) in [5, 5.41) is 23.2. The predicted octanol–water partition coefficient (Wildman–Crippen LogP) is 1.04. The lowest BCUT2D eigenvalue weighted by atomic mass is 9.52. The monoisotopic (exact) mass is 320 g/mol. The van der Waals surface area contributed by atoms with E-state index in [1.165, 1.54) is 4.90 Å². The summed E-state index contributed by atoms with van der Waals surface area (Å²) >= 11 is 0. The summed E-state index contributed by atoms with van der Waals surface area (Å²) in [5.41, 5.74) is -0.500. The first-order valence-corrected chi connectivity index (χ1v) is 8.96.